The zero-order chi connectivity index (χ0) is 17.5. The van der Waals surface area contributed by atoms with Crippen molar-refractivity contribution in [3.8, 4) is 0 Å². The van der Waals surface area contributed by atoms with Gasteiger partial charge in [-0.3, -0.25) is 4.90 Å². The molecule has 0 aliphatic carbocycles. The summed E-state index contributed by atoms with van der Waals surface area (Å²) in [7, 11) is 0. The molecule has 23 heavy (non-hydrogen) atoms. The van der Waals surface area contributed by atoms with E-state index < -0.39 is 37.1 Å². The second-order valence-electron chi connectivity index (χ2n) is 5.88. The Morgan fingerprint density at radius 3 is 2.26 bits per heavy atom. The number of ether oxygens (including phenoxy) is 1. The van der Waals surface area contributed by atoms with Crippen LogP contribution in [-0.2, 0) is 4.74 Å². The summed E-state index contributed by atoms with van der Waals surface area (Å²) in [6.45, 7) is -0.799. The first kappa shape index (κ1) is 20.6. The Kier molecular flexibility index (Phi) is 8.73. The van der Waals surface area contributed by atoms with Crippen molar-refractivity contribution >= 4 is 0 Å². The normalized spacial score (nSPS) is 29.9. The van der Waals surface area contributed by atoms with E-state index in [1.165, 1.54) is 0 Å². The van der Waals surface area contributed by atoms with E-state index in [9.17, 15) is 33.6 Å². The number of halogens is 3. The molecule has 0 radical (unpaired) electrons. The molecule has 4 atom stereocenters. The molecule has 9 heteroatoms. The molecule has 0 amide bonds. The molecule has 0 aromatic heterocycles. The zero-order valence-electron chi connectivity index (χ0n) is 13.0. The van der Waals surface area contributed by atoms with Crippen molar-refractivity contribution in [2.45, 2.75) is 56.2 Å². The van der Waals surface area contributed by atoms with Crippen LogP contribution in [-0.4, -0.2) is 88.8 Å². The summed E-state index contributed by atoms with van der Waals surface area (Å²) in [6.07, 6.45) is -5.12. The maximum Gasteiger partial charge on any atom is 0.411 e. The average Bonchev–Trinajstić information content (AvgIpc) is 2.46. The number of hydrogen-bond donors (Lipinski definition) is 4. The smallest absolute Gasteiger partial charge is 0.395 e. The van der Waals surface area contributed by atoms with Crippen molar-refractivity contribution in [3.05, 3.63) is 0 Å². The van der Waals surface area contributed by atoms with Crippen molar-refractivity contribution in [2.24, 2.45) is 0 Å². The fourth-order valence-corrected chi connectivity index (χ4v) is 2.70. The van der Waals surface area contributed by atoms with Gasteiger partial charge in [0.25, 0.3) is 0 Å². The van der Waals surface area contributed by atoms with Crippen molar-refractivity contribution in [2.75, 3.05) is 32.9 Å². The lowest BCUT2D eigenvalue weighted by Gasteiger charge is -2.43. The van der Waals surface area contributed by atoms with Crippen LogP contribution in [0.25, 0.3) is 0 Å². The molecular formula is C14H26F3NO5. The molecule has 0 bridgehead atoms. The summed E-state index contributed by atoms with van der Waals surface area (Å²) in [5.74, 6) is 0. The van der Waals surface area contributed by atoms with Crippen LogP contribution in [0.5, 0.6) is 0 Å². The average molecular weight is 345 g/mol. The van der Waals surface area contributed by atoms with Gasteiger partial charge < -0.3 is 25.2 Å². The lowest BCUT2D eigenvalue weighted by molar-refractivity contribution is -0.174. The van der Waals surface area contributed by atoms with Gasteiger partial charge in [-0.25, -0.2) is 0 Å². The lowest BCUT2D eigenvalue weighted by atomic mass is 9.94. The van der Waals surface area contributed by atoms with Gasteiger partial charge in [-0.1, -0.05) is 12.8 Å². The fourth-order valence-electron chi connectivity index (χ4n) is 2.70. The third-order valence-electron chi connectivity index (χ3n) is 3.97. The van der Waals surface area contributed by atoms with Gasteiger partial charge in [-0.15, -0.1) is 0 Å². The highest BCUT2D eigenvalue weighted by molar-refractivity contribution is 4.93. The Hall–Kier alpha value is -0.450. The molecule has 6 nitrogen and oxygen atoms in total. The van der Waals surface area contributed by atoms with Gasteiger partial charge >= 0.3 is 6.18 Å². The van der Waals surface area contributed by atoms with E-state index in [1.54, 1.807) is 4.90 Å². The second-order valence-corrected chi connectivity index (χ2v) is 5.88. The third-order valence-corrected chi connectivity index (χ3v) is 3.97. The summed E-state index contributed by atoms with van der Waals surface area (Å²) in [5, 5.41) is 38.4. The first-order valence-electron chi connectivity index (χ1n) is 7.80. The minimum absolute atomic E-state index is 0.0616. The highest BCUT2D eigenvalue weighted by atomic mass is 19.4. The summed E-state index contributed by atoms with van der Waals surface area (Å²) in [4.78, 5) is 1.72. The van der Waals surface area contributed by atoms with Crippen LogP contribution in [0.15, 0.2) is 0 Å². The number of nitrogens with zero attached hydrogens (tertiary/aromatic N) is 1. The molecule has 0 unspecified atom stereocenters. The Bertz CT molecular complexity index is 332. The number of alkyl halides is 3. The van der Waals surface area contributed by atoms with Crippen LogP contribution in [0.4, 0.5) is 13.2 Å². The largest absolute Gasteiger partial charge is 0.411 e. The van der Waals surface area contributed by atoms with E-state index >= 15 is 0 Å². The molecule has 1 aliphatic rings. The summed E-state index contributed by atoms with van der Waals surface area (Å²) in [6, 6.07) is -0.622. The lowest BCUT2D eigenvalue weighted by Crippen LogP contribution is -2.62. The summed E-state index contributed by atoms with van der Waals surface area (Å²) in [5.41, 5.74) is 0. The molecule has 1 rings (SSSR count). The molecule has 138 valence electrons. The monoisotopic (exact) mass is 345 g/mol. The maximum atomic E-state index is 11.8. The van der Waals surface area contributed by atoms with Gasteiger partial charge in [0.1, 0.15) is 18.8 Å². The highest BCUT2D eigenvalue weighted by Crippen LogP contribution is 2.20. The first-order valence-corrected chi connectivity index (χ1v) is 7.80. The number of β-amino-alcohol motifs (C(OH)–C–C–N with tert-alkyl or cyclic N) is 1. The predicted molar refractivity (Wildman–Crippen MR) is 75.8 cm³/mol. The Morgan fingerprint density at radius 2 is 1.65 bits per heavy atom. The fraction of sp³-hybridized carbons (Fsp3) is 1.00. The number of likely N-dealkylation sites (tertiary alicyclic amines) is 1. The van der Waals surface area contributed by atoms with Gasteiger partial charge in [0, 0.05) is 13.2 Å². The van der Waals surface area contributed by atoms with Crippen molar-refractivity contribution < 1.29 is 38.3 Å². The molecule has 0 spiro atoms. The SMILES string of the molecule is OC[C@@H]1[C@@H](O)[C@@H](O)[C@H](O)CN1CCCCCCOCC(F)(F)F. The van der Waals surface area contributed by atoms with Crippen LogP contribution in [0.2, 0.25) is 0 Å². The molecule has 1 fully saturated rings. The van der Waals surface area contributed by atoms with Crippen molar-refractivity contribution in [1.82, 2.24) is 4.90 Å². The number of rotatable bonds is 9. The van der Waals surface area contributed by atoms with E-state index in [0.717, 1.165) is 6.42 Å². The molecule has 1 heterocycles. The number of piperidine rings is 1. The first-order chi connectivity index (χ1) is 10.8. The molecule has 0 aromatic carbocycles. The Morgan fingerprint density at radius 1 is 1.00 bits per heavy atom. The molecule has 0 aromatic rings. The second kappa shape index (κ2) is 9.75. The van der Waals surface area contributed by atoms with Crippen LogP contribution in [0, 0.1) is 0 Å². The van der Waals surface area contributed by atoms with Crippen LogP contribution in [0.3, 0.4) is 0 Å². The molecule has 1 saturated heterocycles. The van der Waals surface area contributed by atoms with Crippen LogP contribution in [0.1, 0.15) is 25.7 Å². The highest BCUT2D eigenvalue weighted by Gasteiger charge is 2.40. The molecule has 1 aliphatic heterocycles. The third kappa shape index (κ3) is 7.32. The summed E-state index contributed by atoms with van der Waals surface area (Å²) >= 11 is 0. The minimum Gasteiger partial charge on any atom is -0.395 e. The van der Waals surface area contributed by atoms with Gasteiger partial charge in [-0.2, -0.15) is 13.2 Å². The zero-order valence-corrected chi connectivity index (χ0v) is 13.0. The van der Waals surface area contributed by atoms with Crippen LogP contribution >= 0.6 is 0 Å². The topological polar surface area (TPSA) is 93.4 Å². The Balaban J connectivity index is 2.15. The van der Waals surface area contributed by atoms with Gasteiger partial charge in [0.05, 0.1) is 18.8 Å². The summed E-state index contributed by atoms with van der Waals surface area (Å²) < 4.78 is 40.0. The molecule has 0 saturated carbocycles. The van der Waals surface area contributed by atoms with Crippen molar-refractivity contribution in [3.63, 3.8) is 0 Å². The Labute approximate surface area is 133 Å². The van der Waals surface area contributed by atoms with E-state index in [0.29, 0.717) is 25.8 Å². The number of hydrogen-bond acceptors (Lipinski definition) is 6. The van der Waals surface area contributed by atoms with E-state index in [4.69, 9.17) is 0 Å². The van der Waals surface area contributed by atoms with Crippen LogP contribution < -0.4 is 0 Å². The number of aliphatic hydroxyl groups excluding tert-OH is 4. The van der Waals surface area contributed by atoms with E-state index in [2.05, 4.69) is 4.74 Å². The molecular weight excluding hydrogens is 319 g/mol. The standard InChI is InChI=1S/C14H26F3NO5/c15-14(16,17)9-23-6-4-2-1-3-5-18-7-11(20)13(22)12(21)10(18)8-19/h10-13,19-22H,1-9H2/t10-,11-,12-,13+/m1/s1. The minimum atomic E-state index is -4.29. The number of unbranched alkanes of at least 4 members (excludes halogenated alkanes) is 3. The van der Waals surface area contributed by atoms with Gasteiger partial charge in [-0.05, 0) is 19.4 Å². The maximum absolute atomic E-state index is 11.8. The quantitative estimate of drug-likeness (QED) is 0.436. The van der Waals surface area contributed by atoms with Gasteiger partial charge in [0.2, 0.25) is 0 Å². The predicted octanol–water partition coefficient (Wildman–Crippen LogP) is -0.115. The van der Waals surface area contributed by atoms with Crippen molar-refractivity contribution in [1.29, 1.82) is 0 Å². The van der Waals surface area contributed by atoms with Gasteiger partial charge in [0.15, 0.2) is 0 Å². The van der Waals surface area contributed by atoms with E-state index in [1.807, 2.05) is 0 Å². The number of aliphatic hydroxyl groups is 4. The molecule has 4 N–H and O–H groups in total. The van der Waals surface area contributed by atoms with E-state index in [-0.39, 0.29) is 19.8 Å².